The summed E-state index contributed by atoms with van der Waals surface area (Å²) < 4.78 is 10.9. The van der Waals surface area contributed by atoms with E-state index in [2.05, 4.69) is 0 Å². The van der Waals surface area contributed by atoms with Crippen LogP contribution in [0.5, 0.6) is 5.75 Å². The van der Waals surface area contributed by atoms with Gasteiger partial charge < -0.3 is 24.8 Å². The van der Waals surface area contributed by atoms with Crippen molar-refractivity contribution in [1.29, 1.82) is 0 Å². The molecule has 5 atom stereocenters. The second-order valence-corrected chi connectivity index (χ2v) is 7.02. The summed E-state index contributed by atoms with van der Waals surface area (Å²) in [6, 6.07) is 13.1. The van der Waals surface area contributed by atoms with Gasteiger partial charge in [0.25, 0.3) is 0 Å². The van der Waals surface area contributed by atoms with E-state index in [0.29, 0.717) is 17.0 Å². The van der Waals surface area contributed by atoms with E-state index in [-0.39, 0.29) is 0 Å². The summed E-state index contributed by atoms with van der Waals surface area (Å²) in [6.45, 7) is 1.67. The Morgan fingerprint density at radius 2 is 1.69 bits per heavy atom. The number of methoxy groups -OCH3 is 1. The molecular weight excluding hydrogens is 356 g/mol. The molecule has 1 unspecified atom stereocenters. The van der Waals surface area contributed by atoms with Crippen LogP contribution in [0.25, 0.3) is 0 Å². The average molecular weight is 379 g/mol. The average Bonchev–Trinajstić information content (AvgIpc) is 2.65. The Bertz CT molecular complexity index is 748. The van der Waals surface area contributed by atoms with Gasteiger partial charge >= 0.3 is 0 Å². The van der Waals surface area contributed by atoms with E-state index >= 15 is 0 Å². The van der Waals surface area contributed by atoms with Crippen LogP contribution >= 0.6 is 11.6 Å². The molecule has 6 heteroatoms. The number of hydrogen-bond acceptors (Lipinski definition) is 5. The lowest BCUT2D eigenvalue weighted by molar-refractivity contribution is -0.219. The first-order valence-electron chi connectivity index (χ1n) is 8.51. The van der Waals surface area contributed by atoms with E-state index in [4.69, 9.17) is 21.1 Å². The first kappa shape index (κ1) is 19.1. The fraction of sp³-hybridized carbons (Fsp3) is 0.400. The van der Waals surface area contributed by atoms with Crippen molar-refractivity contribution in [2.75, 3.05) is 7.11 Å². The Kier molecular flexibility index (Phi) is 5.85. The first-order chi connectivity index (χ1) is 12.4. The molecule has 1 heterocycles. The predicted molar refractivity (Wildman–Crippen MR) is 98.6 cm³/mol. The van der Waals surface area contributed by atoms with Crippen LogP contribution < -0.4 is 4.74 Å². The number of aliphatic hydroxyl groups is 3. The second-order valence-electron chi connectivity index (χ2n) is 6.61. The summed E-state index contributed by atoms with van der Waals surface area (Å²) in [6.07, 6.45) is -4.29. The van der Waals surface area contributed by atoms with Crippen molar-refractivity contribution in [3.05, 3.63) is 64.2 Å². The zero-order valence-corrected chi connectivity index (χ0v) is 15.4. The standard InChI is InChI=1S/C20H23ClO5/c1-11-17(22)18(23)19(24)20(26-11)13-5-8-16(21)14(10-13)9-12-3-6-15(25-2)7-4-12/h3-8,10-11,17-20,22-24H,9H2,1-2H3/t11?,17-,18+,19-,20+/m1/s1. The van der Waals surface area contributed by atoms with Crippen molar-refractivity contribution in [2.45, 2.75) is 43.9 Å². The maximum atomic E-state index is 10.3. The molecule has 1 aliphatic rings. The molecule has 1 fully saturated rings. The minimum Gasteiger partial charge on any atom is -0.497 e. The van der Waals surface area contributed by atoms with Crippen molar-refractivity contribution in [1.82, 2.24) is 0 Å². The molecule has 0 saturated carbocycles. The molecule has 0 amide bonds. The van der Waals surface area contributed by atoms with Gasteiger partial charge in [0.1, 0.15) is 30.2 Å². The van der Waals surface area contributed by atoms with Crippen molar-refractivity contribution < 1.29 is 24.8 Å². The Morgan fingerprint density at radius 1 is 1.00 bits per heavy atom. The second kappa shape index (κ2) is 7.94. The third-order valence-corrected chi connectivity index (χ3v) is 5.17. The summed E-state index contributed by atoms with van der Waals surface area (Å²) >= 11 is 6.34. The highest BCUT2D eigenvalue weighted by molar-refractivity contribution is 6.31. The largest absolute Gasteiger partial charge is 0.497 e. The smallest absolute Gasteiger partial charge is 0.118 e. The molecule has 0 spiro atoms. The number of rotatable bonds is 4. The van der Waals surface area contributed by atoms with Gasteiger partial charge in [-0.3, -0.25) is 0 Å². The minimum absolute atomic E-state index is 0.584. The topological polar surface area (TPSA) is 79.2 Å². The van der Waals surface area contributed by atoms with Crippen LogP contribution in [0.1, 0.15) is 29.7 Å². The summed E-state index contributed by atoms with van der Waals surface area (Å²) in [7, 11) is 1.62. The molecule has 2 aromatic rings. The third kappa shape index (κ3) is 3.87. The molecule has 0 radical (unpaired) electrons. The number of benzene rings is 2. The third-order valence-electron chi connectivity index (χ3n) is 4.80. The minimum atomic E-state index is -1.26. The monoisotopic (exact) mass is 378 g/mol. The quantitative estimate of drug-likeness (QED) is 0.761. The molecule has 1 aliphatic heterocycles. The summed E-state index contributed by atoms with van der Waals surface area (Å²) in [4.78, 5) is 0. The van der Waals surface area contributed by atoms with Gasteiger partial charge in [0.2, 0.25) is 0 Å². The molecule has 3 N–H and O–H groups in total. The van der Waals surface area contributed by atoms with Crippen molar-refractivity contribution in [3.63, 3.8) is 0 Å². The van der Waals surface area contributed by atoms with Crippen molar-refractivity contribution >= 4 is 11.6 Å². The van der Waals surface area contributed by atoms with Gasteiger partial charge in [0.15, 0.2) is 0 Å². The first-order valence-corrected chi connectivity index (χ1v) is 8.89. The highest BCUT2D eigenvalue weighted by Crippen LogP contribution is 2.34. The molecule has 2 aromatic carbocycles. The van der Waals surface area contributed by atoms with Gasteiger partial charge in [-0.2, -0.15) is 0 Å². The summed E-state index contributed by atoms with van der Waals surface area (Å²) in [5.41, 5.74) is 2.67. The van der Waals surface area contributed by atoms with Crippen molar-refractivity contribution in [3.8, 4) is 5.75 Å². The molecule has 5 nitrogen and oxygen atoms in total. The van der Waals surface area contributed by atoms with E-state index in [1.165, 1.54) is 0 Å². The molecule has 0 aliphatic carbocycles. The molecule has 3 rings (SSSR count). The summed E-state index contributed by atoms with van der Waals surface area (Å²) in [5, 5.41) is 30.8. The Labute approximate surface area is 157 Å². The highest BCUT2D eigenvalue weighted by atomic mass is 35.5. The van der Waals surface area contributed by atoms with Crippen LogP contribution in [0.3, 0.4) is 0 Å². The Balaban J connectivity index is 1.85. The van der Waals surface area contributed by atoms with Crippen LogP contribution in [-0.4, -0.2) is 46.8 Å². The van der Waals surface area contributed by atoms with Gasteiger partial charge in [-0.25, -0.2) is 0 Å². The van der Waals surface area contributed by atoms with E-state index in [1.807, 2.05) is 30.3 Å². The maximum Gasteiger partial charge on any atom is 0.118 e. The fourth-order valence-corrected chi connectivity index (χ4v) is 3.38. The number of halogens is 1. The number of ether oxygens (including phenoxy) is 2. The van der Waals surface area contributed by atoms with Gasteiger partial charge in [-0.15, -0.1) is 0 Å². The molecular formula is C20H23ClO5. The lowest BCUT2D eigenvalue weighted by Crippen LogP contribution is -2.53. The molecule has 26 heavy (non-hydrogen) atoms. The van der Waals surface area contributed by atoms with E-state index in [0.717, 1.165) is 16.9 Å². The fourth-order valence-electron chi connectivity index (χ4n) is 3.20. The van der Waals surface area contributed by atoms with E-state index in [9.17, 15) is 15.3 Å². The lowest BCUT2D eigenvalue weighted by atomic mass is 9.90. The van der Waals surface area contributed by atoms with E-state index < -0.39 is 30.5 Å². The van der Waals surface area contributed by atoms with Crippen molar-refractivity contribution in [2.24, 2.45) is 0 Å². The highest BCUT2D eigenvalue weighted by Gasteiger charge is 2.42. The SMILES string of the molecule is COc1ccc(Cc2cc([C@@H]3OC(C)[C@@H](O)[C@H](O)[C@H]3O)ccc2Cl)cc1. The van der Waals surface area contributed by atoms with Gasteiger partial charge in [0.05, 0.1) is 13.2 Å². The number of hydrogen-bond donors (Lipinski definition) is 3. The number of aliphatic hydroxyl groups excluding tert-OH is 3. The Morgan fingerprint density at radius 3 is 2.35 bits per heavy atom. The normalized spacial score (nSPS) is 28.8. The van der Waals surface area contributed by atoms with Gasteiger partial charge in [-0.05, 0) is 48.2 Å². The Hall–Kier alpha value is -1.63. The lowest BCUT2D eigenvalue weighted by Gasteiger charge is -2.39. The molecule has 0 bridgehead atoms. The van der Waals surface area contributed by atoms with Crippen LogP contribution in [0, 0.1) is 0 Å². The van der Waals surface area contributed by atoms with Gasteiger partial charge in [0, 0.05) is 5.02 Å². The van der Waals surface area contributed by atoms with Crippen LogP contribution in [0.2, 0.25) is 5.02 Å². The van der Waals surface area contributed by atoms with Crippen LogP contribution in [0.15, 0.2) is 42.5 Å². The zero-order chi connectivity index (χ0) is 18.8. The van der Waals surface area contributed by atoms with Crippen LogP contribution in [0.4, 0.5) is 0 Å². The summed E-state index contributed by atoms with van der Waals surface area (Å²) in [5.74, 6) is 0.786. The predicted octanol–water partition coefficient (Wildman–Crippen LogP) is 2.48. The zero-order valence-electron chi connectivity index (χ0n) is 14.7. The van der Waals surface area contributed by atoms with Crippen LogP contribution in [-0.2, 0) is 11.2 Å². The van der Waals surface area contributed by atoms with Gasteiger partial charge in [-0.1, -0.05) is 35.9 Å². The molecule has 1 saturated heterocycles. The van der Waals surface area contributed by atoms with E-state index in [1.54, 1.807) is 26.2 Å². The molecule has 0 aromatic heterocycles. The maximum absolute atomic E-state index is 10.3. The molecule has 140 valence electrons.